The number of hydrogen-bond acceptors (Lipinski definition) is 7. The van der Waals surface area contributed by atoms with E-state index in [-0.39, 0.29) is 47.4 Å². The Balaban J connectivity index is 1.42. The van der Waals surface area contributed by atoms with Gasteiger partial charge in [-0.25, -0.2) is 9.78 Å². The lowest BCUT2D eigenvalue weighted by atomic mass is 9.68. The van der Waals surface area contributed by atoms with Gasteiger partial charge >= 0.3 is 6.09 Å². The van der Waals surface area contributed by atoms with Gasteiger partial charge < -0.3 is 24.3 Å². The van der Waals surface area contributed by atoms with Crippen molar-refractivity contribution in [1.82, 2.24) is 20.5 Å². The Morgan fingerprint density at radius 3 is 2.76 bits per heavy atom. The maximum atomic E-state index is 12.9. The largest absolute Gasteiger partial charge is 0.443 e. The number of nitrogens with zero attached hydrogens (tertiary/aromatic N) is 2. The summed E-state index contributed by atoms with van der Waals surface area (Å²) in [6.45, 7) is 11.2. The Labute approximate surface area is 196 Å². The Morgan fingerprint density at radius 1 is 1.42 bits per heavy atom. The van der Waals surface area contributed by atoms with Gasteiger partial charge in [0, 0.05) is 19.6 Å². The zero-order chi connectivity index (χ0) is 23.8. The third-order valence-electron chi connectivity index (χ3n) is 7.48. The van der Waals surface area contributed by atoms with Crippen molar-refractivity contribution in [3.05, 3.63) is 23.8 Å². The molecule has 4 rings (SSSR count). The first-order chi connectivity index (χ1) is 15.7. The third kappa shape index (κ3) is 5.10. The van der Waals surface area contributed by atoms with Gasteiger partial charge in [0.1, 0.15) is 35.6 Å². The number of epoxide rings is 2. The third-order valence-corrected chi connectivity index (χ3v) is 7.48. The lowest BCUT2D eigenvalue weighted by molar-refractivity contribution is -0.118. The summed E-state index contributed by atoms with van der Waals surface area (Å²) in [5.41, 5.74) is 0.687. The topological polar surface area (TPSA) is 114 Å². The first-order valence-electron chi connectivity index (χ1n) is 12.0. The number of carbonyl (C=O) groups is 1. The monoisotopic (exact) mass is 462 g/mol. The van der Waals surface area contributed by atoms with Crippen LogP contribution >= 0.6 is 0 Å². The van der Waals surface area contributed by atoms with Crippen LogP contribution in [0, 0.1) is 11.8 Å². The average Bonchev–Trinajstić information content (AvgIpc) is 3.60. The molecule has 0 unspecified atom stereocenters. The van der Waals surface area contributed by atoms with Crippen LogP contribution < -0.4 is 5.32 Å². The highest BCUT2D eigenvalue weighted by atomic mass is 16.6. The Hall–Kier alpha value is -1.97. The van der Waals surface area contributed by atoms with Gasteiger partial charge in [-0.15, -0.1) is 0 Å². The van der Waals surface area contributed by atoms with Crippen molar-refractivity contribution < 1.29 is 23.7 Å². The van der Waals surface area contributed by atoms with Crippen LogP contribution in [0.3, 0.4) is 0 Å². The quantitative estimate of drug-likeness (QED) is 0.428. The zero-order valence-electron chi connectivity index (χ0n) is 20.6. The molecule has 1 amide bonds. The number of hydrogen-bond donors (Lipinski definition) is 2. The molecule has 0 aromatic carbocycles. The summed E-state index contributed by atoms with van der Waals surface area (Å²) in [4.78, 5) is 17.1. The van der Waals surface area contributed by atoms with E-state index in [1.807, 2.05) is 0 Å². The van der Waals surface area contributed by atoms with Gasteiger partial charge in [0.15, 0.2) is 0 Å². The van der Waals surface area contributed by atoms with Gasteiger partial charge in [0.05, 0.1) is 18.6 Å². The molecule has 2 N–H and O–H groups in total. The van der Waals surface area contributed by atoms with Gasteiger partial charge in [-0.2, -0.15) is 5.10 Å². The number of amides is 1. The molecule has 1 aromatic heterocycles. The molecule has 9 nitrogen and oxygen atoms in total. The summed E-state index contributed by atoms with van der Waals surface area (Å²) in [7, 11) is 1.69. The molecule has 1 aromatic rings. The fourth-order valence-corrected chi connectivity index (χ4v) is 5.38. The van der Waals surface area contributed by atoms with Crippen LogP contribution in [0.25, 0.3) is 0 Å². The van der Waals surface area contributed by atoms with Gasteiger partial charge in [0.2, 0.25) is 0 Å². The fourth-order valence-electron chi connectivity index (χ4n) is 5.38. The average molecular weight is 463 g/mol. The minimum absolute atomic E-state index is 0.00667. The molecule has 3 aliphatic rings. The highest BCUT2D eigenvalue weighted by Crippen LogP contribution is 2.59. The highest BCUT2D eigenvalue weighted by Gasteiger charge is 2.72. The first kappa shape index (κ1) is 24.2. The van der Waals surface area contributed by atoms with Crippen LogP contribution in [0.1, 0.15) is 59.7 Å². The zero-order valence-corrected chi connectivity index (χ0v) is 20.6. The molecule has 3 fully saturated rings. The highest BCUT2D eigenvalue weighted by molar-refractivity contribution is 5.68. The van der Waals surface area contributed by atoms with Crippen LogP contribution in [-0.4, -0.2) is 70.5 Å². The molecule has 184 valence electrons. The summed E-state index contributed by atoms with van der Waals surface area (Å²) in [6, 6.07) is -0.123. The van der Waals surface area contributed by atoms with Crippen LogP contribution in [0.2, 0.25) is 0 Å². The maximum absolute atomic E-state index is 12.9. The molecule has 1 saturated carbocycles. The molecule has 3 heterocycles. The lowest BCUT2D eigenvalue weighted by Crippen LogP contribution is -2.56. The second-order valence-electron chi connectivity index (χ2n) is 10.5. The molecule has 33 heavy (non-hydrogen) atoms. The number of carbonyl (C=O) groups excluding carboxylic acids is 1. The summed E-state index contributed by atoms with van der Waals surface area (Å²) in [5, 5.41) is 9.76. The van der Waals surface area contributed by atoms with E-state index in [0.717, 1.165) is 18.7 Å². The number of aromatic nitrogens is 3. The van der Waals surface area contributed by atoms with E-state index in [0.29, 0.717) is 19.4 Å². The van der Waals surface area contributed by atoms with E-state index in [1.54, 1.807) is 7.11 Å². The number of H-pyrrole nitrogens is 1. The predicted octanol–water partition coefficient (Wildman–Crippen LogP) is 3.17. The van der Waals surface area contributed by atoms with Crippen LogP contribution in [0.5, 0.6) is 0 Å². The molecule has 2 saturated heterocycles. The molecule has 7 atom stereocenters. The van der Waals surface area contributed by atoms with E-state index < -0.39 is 6.09 Å². The number of aromatic amines is 1. The van der Waals surface area contributed by atoms with Crippen LogP contribution in [0.15, 0.2) is 18.0 Å². The summed E-state index contributed by atoms with van der Waals surface area (Å²) in [5.74, 6) is 0.945. The summed E-state index contributed by atoms with van der Waals surface area (Å²) < 4.78 is 24.1. The van der Waals surface area contributed by atoms with E-state index in [4.69, 9.17) is 18.9 Å². The number of nitrogens with one attached hydrogen (secondary N) is 2. The molecular weight excluding hydrogens is 424 g/mol. The maximum Gasteiger partial charge on any atom is 0.407 e. The van der Waals surface area contributed by atoms with Gasteiger partial charge in [-0.3, -0.25) is 5.10 Å². The van der Waals surface area contributed by atoms with Crippen molar-refractivity contribution in [1.29, 1.82) is 0 Å². The van der Waals surface area contributed by atoms with Crippen LogP contribution in [0.4, 0.5) is 4.79 Å². The molecule has 0 radical (unpaired) electrons. The van der Waals surface area contributed by atoms with Gasteiger partial charge in [-0.05, 0) is 46.0 Å². The van der Waals surface area contributed by atoms with E-state index in [2.05, 4.69) is 61.2 Å². The second-order valence-corrected chi connectivity index (χ2v) is 10.5. The number of allylic oxidation sites excluding steroid dienone is 1. The normalized spacial score (nSPS) is 35.8. The van der Waals surface area contributed by atoms with Crippen molar-refractivity contribution in [3.8, 4) is 0 Å². The van der Waals surface area contributed by atoms with E-state index in [9.17, 15) is 4.79 Å². The Bertz CT molecular complexity index is 849. The number of methoxy groups -OCH3 is 1. The van der Waals surface area contributed by atoms with E-state index in [1.165, 1.54) is 11.9 Å². The Kier molecular flexibility index (Phi) is 6.85. The van der Waals surface area contributed by atoms with Crippen molar-refractivity contribution in [2.75, 3.05) is 13.7 Å². The standard InChI is InChI=1S/C24H38N4O5/c1-14(2)7-8-18-23(5,33-18)21-20(30-6)17(9-10-24(21)12-31-24)32-22(29)27-16(15(3)4)11-19-25-13-26-28-19/h7,13,15-18,20-21H,8-12H2,1-6H3,(H,27,29)(H,25,26,28)/t16-,17-,18-,20-,21-,23+,24+/m1/s1. The van der Waals surface area contributed by atoms with Crippen LogP contribution in [-0.2, 0) is 25.4 Å². The van der Waals surface area contributed by atoms with Crippen molar-refractivity contribution >= 4 is 6.09 Å². The Morgan fingerprint density at radius 2 is 2.18 bits per heavy atom. The minimum atomic E-state index is -0.436. The smallest absolute Gasteiger partial charge is 0.407 e. The molecule has 2 aliphatic heterocycles. The second kappa shape index (κ2) is 9.35. The number of rotatable bonds is 9. The minimum Gasteiger partial charge on any atom is -0.443 e. The first-order valence-corrected chi connectivity index (χ1v) is 12.0. The molecule has 1 spiro atoms. The summed E-state index contributed by atoms with van der Waals surface area (Å²) >= 11 is 0. The van der Waals surface area contributed by atoms with Gasteiger partial charge in [-0.1, -0.05) is 25.5 Å². The molecule has 9 heteroatoms. The van der Waals surface area contributed by atoms with E-state index >= 15 is 0 Å². The SMILES string of the molecule is CO[C@@H]1[C@H](OC(=O)N[C@H](Cc2ncn[nH]2)C(C)C)CC[C@]2(CO2)[C@H]1[C@@]1(C)O[C@@H]1CC=C(C)C. The molecule has 0 bridgehead atoms. The van der Waals surface area contributed by atoms with Crippen molar-refractivity contribution in [2.24, 2.45) is 11.8 Å². The predicted molar refractivity (Wildman–Crippen MR) is 122 cm³/mol. The van der Waals surface area contributed by atoms with Crippen molar-refractivity contribution in [2.45, 2.75) is 95.9 Å². The molecular formula is C24H38N4O5. The fraction of sp³-hybridized carbons (Fsp3) is 0.792. The lowest BCUT2D eigenvalue weighted by Gasteiger charge is -2.42. The number of ether oxygens (including phenoxy) is 4. The van der Waals surface area contributed by atoms with Gasteiger partial charge in [0.25, 0.3) is 0 Å². The summed E-state index contributed by atoms with van der Waals surface area (Å²) in [6.07, 6.45) is 5.67. The van der Waals surface area contributed by atoms with Crippen molar-refractivity contribution in [3.63, 3.8) is 0 Å². The molecule has 1 aliphatic carbocycles. The number of alkyl carbamates (subject to hydrolysis) is 1.